The molecule has 5 nitrogen and oxygen atoms in total. The molecule has 0 aliphatic heterocycles. The van der Waals surface area contributed by atoms with Gasteiger partial charge in [-0.2, -0.15) is 5.26 Å². The summed E-state index contributed by atoms with van der Waals surface area (Å²) in [4.78, 5) is 15.9. The van der Waals surface area contributed by atoms with E-state index in [9.17, 15) is 4.79 Å². The van der Waals surface area contributed by atoms with E-state index in [2.05, 4.69) is 26.2 Å². The normalized spacial score (nSPS) is 9.68. The summed E-state index contributed by atoms with van der Waals surface area (Å²) >= 11 is 3.29. The van der Waals surface area contributed by atoms with E-state index in [0.29, 0.717) is 11.3 Å². The maximum absolute atomic E-state index is 12.0. The standard InChI is InChI=1S/C13H9BrN4O/c14-9-5-4-8(7-15)11(6-9)18-13(19)10-2-1-3-12(16)17-10/h1-6H,(H2,16,17)(H,18,19). The van der Waals surface area contributed by atoms with Crippen LogP contribution in [-0.2, 0) is 0 Å². The Labute approximate surface area is 118 Å². The second kappa shape index (κ2) is 5.50. The number of hydrogen-bond acceptors (Lipinski definition) is 4. The number of benzene rings is 1. The van der Waals surface area contributed by atoms with Gasteiger partial charge in [-0.25, -0.2) is 4.98 Å². The molecule has 0 aliphatic rings. The SMILES string of the molecule is N#Cc1ccc(Br)cc1NC(=O)c1cccc(N)n1. The maximum atomic E-state index is 12.0. The van der Waals surface area contributed by atoms with Crippen molar-refractivity contribution in [1.82, 2.24) is 4.98 Å². The lowest BCUT2D eigenvalue weighted by molar-refractivity contribution is 0.102. The van der Waals surface area contributed by atoms with Crippen molar-refractivity contribution in [2.45, 2.75) is 0 Å². The average molecular weight is 317 g/mol. The summed E-state index contributed by atoms with van der Waals surface area (Å²) in [7, 11) is 0. The molecule has 3 N–H and O–H groups in total. The first-order valence-corrected chi connectivity index (χ1v) is 6.13. The number of nitrogens with zero attached hydrogens (tertiary/aromatic N) is 2. The Balaban J connectivity index is 2.29. The highest BCUT2D eigenvalue weighted by Crippen LogP contribution is 2.21. The number of carbonyl (C=O) groups excluding carboxylic acids is 1. The molecule has 0 saturated heterocycles. The van der Waals surface area contributed by atoms with E-state index in [1.165, 1.54) is 0 Å². The van der Waals surface area contributed by atoms with Gasteiger partial charge >= 0.3 is 0 Å². The summed E-state index contributed by atoms with van der Waals surface area (Å²) in [6, 6.07) is 11.8. The van der Waals surface area contributed by atoms with Gasteiger partial charge in [-0.1, -0.05) is 22.0 Å². The highest BCUT2D eigenvalue weighted by atomic mass is 79.9. The number of halogens is 1. The van der Waals surface area contributed by atoms with E-state index in [4.69, 9.17) is 11.0 Å². The van der Waals surface area contributed by atoms with E-state index < -0.39 is 5.91 Å². The number of carbonyl (C=O) groups is 1. The fourth-order valence-electron chi connectivity index (χ4n) is 1.48. The molecule has 0 atom stereocenters. The number of nitriles is 1. The Kier molecular flexibility index (Phi) is 3.78. The molecule has 6 heteroatoms. The second-order valence-electron chi connectivity index (χ2n) is 3.70. The van der Waals surface area contributed by atoms with Crippen LogP contribution in [0.4, 0.5) is 11.5 Å². The second-order valence-corrected chi connectivity index (χ2v) is 4.62. The van der Waals surface area contributed by atoms with E-state index >= 15 is 0 Å². The molecule has 19 heavy (non-hydrogen) atoms. The van der Waals surface area contributed by atoms with Crippen LogP contribution in [0.2, 0.25) is 0 Å². The van der Waals surface area contributed by atoms with Crippen molar-refractivity contribution in [3.8, 4) is 6.07 Å². The van der Waals surface area contributed by atoms with Gasteiger partial charge in [0.1, 0.15) is 17.6 Å². The Morgan fingerprint density at radius 3 is 2.84 bits per heavy atom. The van der Waals surface area contributed by atoms with Gasteiger partial charge in [0.05, 0.1) is 11.3 Å². The molecule has 0 aliphatic carbocycles. The lowest BCUT2D eigenvalue weighted by Gasteiger charge is -2.07. The van der Waals surface area contributed by atoms with Crippen LogP contribution in [0.3, 0.4) is 0 Å². The van der Waals surface area contributed by atoms with Crippen LogP contribution >= 0.6 is 15.9 Å². The van der Waals surface area contributed by atoms with Crippen molar-refractivity contribution in [2.75, 3.05) is 11.1 Å². The third-order valence-electron chi connectivity index (χ3n) is 2.35. The maximum Gasteiger partial charge on any atom is 0.274 e. The molecular weight excluding hydrogens is 308 g/mol. The van der Waals surface area contributed by atoms with Gasteiger partial charge in [-0.15, -0.1) is 0 Å². The van der Waals surface area contributed by atoms with Gasteiger partial charge in [0.15, 0.2) is 0 Å². The highest BCUT2D eigenvalue weighted by Gasteiger charge is 2.11. The summed E-state index contributed by atoms with van der Waals surface area (Å²) in [5, 5.41) is 11.6. The average Bonchev–Trinajstić information content (AvgIpc) is 2.39. The van der Waals surface area contributed by atoms with Gasteiger partial charge in [0.2, 0.25) is 0 Å². The number of nitrogens with two attached hydrogens (primary N) is 1. The number of hydrogen-bond donors (Lipinski definition) is 2. The molecule has 0 radical (unpaired) electrons. The molecule has 2 aromatic rings. The molecule has 0 saturated carbocycles. The predicted octanol–water partition coefficient (Wildman–Crippen LogP) is 2.55. The van der Waals surface area contributed by atoms with Crippen molar-refractivity contribution in [2.24, 2.45) is 0 Å². The molecule has 1 aromatic carbocycles. The van der Waals surface area contributed by atoms with Gasteiger partial charge in [-0.3, -0.25) is 4.79 Å². The monoisotopic (exact) mass is 316 g/mol. The smallest absolute Gasteiger partial charge is 0.274 e. The van der Waals surface area contributed by atoms with Gasteiger partial charge in [0.25, 0.3) is 5.91 Å². The topological polar surface area (TPSA) is 91.8 Å². The van der Waals surface area contributed by atoms with Crippen LogP contribution < -0.4 is 11.1 Å². The molecular formula is C13H9BrN4O. The first-order chi connectivity index (χ1) is 9.10. The molecule has 1 amide bonds. The van der Waals surface area contributed by atoms with Crippen molar-refractivity contribution >= 4 is 33.3 Å². The molecule has 1 aromatic heterocycles. The molecule has 0 bridgehead atoms. The van der Waals surface area contributed by atoms with Crippen LogP contribution in [0.5, 0.6) is 0 Å². The van der Waals surface area contributed by atoms with E-state index in [-0.39, 0.29) is 11.5 Å². The summed E-state index contributed by atoms with van der Waals surface area (Å²) in [5.74, 6) is -0.149. The van der Waals surface area contributed by atoms with Gasteiger partial charge in [0, 0.05) is 4.47 Å². The van der Waals surface area contributed by atoms with Crippen molar-refractivity contribution in [1.29, 1.82) is 5.26 Å². The van der Waals surface area contributed by atoms with Gasteiger partial charge in [-0.05, 0) is 30.3 Å². The molecule has 1 heterocycles. The minimum absolute atomic E-state index is 0.198. The van der Waals surface area contributed by atoms with Crippen LogP contribution in [0.25, 0.3) is 0 Å². The number of rotatable bonds is 2. The third-order valence-corrected chi connectivity index (χ3v) is 2.85. The minimum atomic E-state index is -0.415. The third kappa shape index (κ3) is 3.09. The molecule has 0 spiro atoms. The Hall–Kier alpha value is -2.39. The first-order valence-electron chi connectivity index (χ1n) is 5.33. The lowest BCUT2D eigenvalue weighted by atomic mass is 10.2. The molecule has 2 rings (SSSR count). The van der Waals surface area contributed by atoms with Crippen LogP contribution in [0.1, 0.15) is 16.1 Å². The Morgan fingerprint density at radius 2 is 2.16 bits per heavy atom. The van der Waals surface area contributed by atoms with Crippen LogP contribution in [0.15, 0.2) is 40.9 Å². The predicted molar refractivity (Wildman–Crippen MR) is 75.5 cm³/mol. The minimum Gasteiger partial charge on any atom is -0.384 e. The Morgan fingerprint density at radius 1 is 1.37 bits per heavy atom. The summed E-state index contributed by atoms with van der Waals surface area (Å²) in [6.45, 7) is 0. The number of nitrogens with one attached hydrogen (secondary N) is 1. The molecule has 94 valence electrons. The number of pyridine rings is 1. The summed E-state index contributed by atoms with van der Waals surface area (Å²) in [5.41, 5.74) is 6.51. The number of aromatic nitrogens is 1. The fourth-order valence-corrected chi connectivity index (χ4v) is 1.84. The quantitative estimate of drug-likeness (QED) is 0.890. The lowest BCUT2D eigenvalue weighted by Crippen LogP contribution is -2.15. The van der Waals surface area contributed by atoms with Crippen LogP contribution in [-0.4, -0.2) is 10.9 Å². The number of nitrogen functional groups attached to an aromatic ring is 1. The van der Waals surface area contributed by atoms with E-state index in [1.54, 1.807) is 36.4 Å². The zero-order valence-electron chi connectivity index (χ0n) is 9.72. The number of amides is 1. The van der Waals surface area contributed by atoms with Crippen molar-refractivity contribution in [3.05, 3.63) is 52.1 Å². The first kappa shape index (κ1) is 13.1. The fraction of sp³-hybridized carbons (Fsp3) is 0. The van der Waals surface area contributed by atoms with Crippen molar-refractivity contribution in [3.63, 3.8) is 0 Å². The van der Waals surface area contributed by atoms with Crippen LogP contribution in [0, 0.1) is 11.3 Å². The Bertz CT molecular complexity index is 679. The number of anilines is 2. The highest BCUT2D eigenvalue weighted by molar-refractivity contribution is 9.10. The molecule has 0 fully saturated rings. The molecule has 0 unspecified atom stereocenters. The largest absolute Gasteiger partial charge is 0.384 e. The van der Waals surface area contributed by atoms with Gasteiger partial charge < -0.3 is 11.1 Å². The summed E-state index contributed by atoms with van der Waals surface area (Å²) in [6.07, 6.45) is 0. The zero-order valence-corrected chi connectivity index (χ0v) is 11.3. The van der Waals surface area contributed by atoms with E-state index in [0.717, 1.165) is 4.47 Å². The van der Waals surface area contributed by atoms with E-state index in [1.807, 2.05) is 6.07 Å². The van der Waals surface area contributed by atoms with Crippen molar-refractivity contribution < 1.29 is 4.79 Å². The summed E-state index contributed by atoms with van der Waals surface area (Å²) < 4.78 is 0.766. The zero-order chi connectivity index (χ0) is 13.8.